The lowest BCUT2D eigenvalue weighted by Gasteiger charge is -2.07. The predicted molar refractivity (Wildman–Crippen MR) is 68.1 cm³/mol. The fourth-order valence-electron chi connectivity index (χ4n) is 1.71. The van der Waals surface area contributed by atoms with Crippen LogP contribution in [0, 0.1) is 5.92 Å². The smallest absolute Gasteiger partial charge is 0.262 e. The summed E-state index contributed by atoms with van der Waals surface area (Å²) < 4.78 is 1.71. The molecule has 86 valence electrons. The standard InChI is InChI=1S/C12H16N2OS/c1-4-9-5-10-11(16-9)13-7-14(12(10)15)6-8(2)3/h5,7-8H,4,6H2,1-3H3. The van der Waals surface area contributed by atoms with Crippen LogP contribution in [0.4, 0.5) is 0 Å². The fourth-order valence-corrected chi connectivity index (χ4v) is 2.63. The van der Waals surface area contributed by atoms with Crippen molar-refractivity contribution in [3.8, 4) is 0 Å². The van der Waals surface area contributed by atoms with Gasteiger partial charge in [-0.15, -0.1) is 11.3 Å². The maximum atomic E-state index is 12.1. The first-order valence-corrected chi connectivity index (χ1v) is 6.41. The average molecular weight is 236 g/mol. The number of aromatic nitrogens is 2. The summed E-state index contributed by atoms with van der Waals surface area (Å²) in [6.45, 7) is 7.03. The van der Waals surface area contributed by atoms with Gasteiger partial charge in [-0.2, -0.15) is 0 Å². The fraction of sp³-hybridized carbons (Fsp3) is 0.500. The first kappa shape index (κ1) is 11.3. The molecule has 0 radical (unpaired) electrons. The third kappa shape index (κ3) is 2.02. The van der Waals surface area contributed by atoms with Crippen molar-refractivity contribution in [2.45, 2.75) is 33.7 Å². The van der Waals surface area contributed by atoms with Gasteiger partial charge in [-0.05, 0) is 18.4 Å². The monoisotopic (exact) mass is 236 g/mol. The molecule has 0 aromatic carbocycles. The van der Waals surface area contributed by atoms with E-state index in [9.17, 15) is 4.79 Å². The largest absolute Gasteiger partial charge is 0.298 e. The maximum Gasteiger partial charge on any atom is 0.262 e. The van der Waals surface area contributed by atoms with Gasteiger partial charge in [-0.3, -0.25) is 9.36 Å². The molecule has 0 amide bonds. The minimum absolute atomic E-state index is 0.0923. The normalized spacial score (nSPS) is 11.5. The minimum atomic E-state index is 0.0923. The number of fused-ring (bicyclic) bond motifs is 1. The SMILES string of the molecule is CCc1cc2c(=O)n(CC(C)C)cnc2s1. The topological polar surface area (TPSA) is 34.9 Å². The third-order valence-corrected chi connectivity index (χ3v) is 3.67. The molecule has 0 spiro atoms. The van der Waals surface area contributed by atoms with Crippen molar-refractivity contribution in [1.29, 1.82) is 0 Å². The van der Waals surface area contributed by atoms with Gasteiger partial charge in [-0.1, -0.05) is 20.8 Å². The number of hydrogen-bond acceptors (Lipinski definition) is 3. The van der Waals surface area contributed by atoms with Crippen LogP contribution in [0.2, 0.25) is 0 Å². The Morgan fingerprint density at radius 3 is 2.88 bits per heavy atom. The van der Waals surface area contributed by atoms with Crippen molar-refractivity contribution in [2.75, 3.05) is 0 Å². The van der Waals surface area contributed by atoms with E-state index < -0.39 is 0 Å². The Kier molecular flexibility index (Phi) is 3.10. The highest BCUT2D eigenvalue weighted by molar-refractivity contribution is 7.18. The molecule has 0 atom stereocenters. The summed E-state index contributed by atoms with van der Waals surface area (Å²) in [5, 5.41) is 0.769. The van der Waals surface area contributed by atoms with E-state index in [1.165, 1.54) is 4.88 Å². The lowest BCUT2D eigenvalue weighted by atomic mass is 10.2. The first-order valence-electron chi connectivity index (χ1n) is 5.59. The quantitative estimate of drug-likeness (QED) is 0.821. The molecule has 0 N–H and O–H groups in total. The Labute approximate surface area is 98.8 Å². The van der Waals surface area contributed by atoms with Crippen molar-refractivity contribution in [1.82, 2.24) is 9.55 Å². The summed E-state index contributed by atoms with van der Waals surface area (Å²) in [5.74, 6) is 0.459. The van der Waals surface area contributed by atoms with E-state index in [2.05, 4.69) is 25.8 Å². The molecule has 2 aromatic heterocycles. The number of hydrogen-bond donors (Lipinski definition) is 0. The van der Waals surface area contributed by atoms with Gasteiger partial charge in [0, 0.05) is 11.4 Å². The van der Waals surface area contributed by atoms with Crippen molar-refractivity contribution in [3.05, 3.63) is 27.6 Å². The van der Waals surface area contributed by atoms with E-state index in [-0.39, 0.29) is 5.56 Å². The van der Waals surface area contributed by atoms with Crippen molar-refractivity contribution < 1.29 is 0 Å². The second kappa shape index (κ2) is 4.37. The molecule has 2 heterocycles. The summed E-state index contributed by atoms with van der Waals surface area (Å²) in [6, 6.07) is 1.98. The van der Waals surface area contributed by atoms with E-state index in [0.29, 0.717) is 5.92 Å². The molecule has 4 heteroatoms. The minimum Gasteiger partial charge on any atom is -0.298 e. The van der Waals surface area contributed by atoms with Gasteiger partial charge in [0.2, 0.25) is 0 Å². The van der Waals surface area contributed by atoms with Gasteiger partial charge in [0.25, 0.3) is 5.56 Å². The molecular formula is C12H16N2OS. The predicted octanol–water partition coefficient (Wildman–Crippen LogP) is 2.68. The number of thiophene rings is 1. The molecule has 0 unspecified atom stereocenters. The van der Waals surface area contributed by atoms with Crippen LogP contribution in [0.25, 0.3) is 10.2 Å². The molecular weight excluding hydrogens is 220 g/mol. The van der Waals surface area contributed by atoms with Gasteiger partial charge in [0.1, 0.15) is 4.83 Å². The third-order valence-electron chi connectivity index (χ3n) is 2.48. The Morgan fingerprint density at radius 2 is 2.25 bits per heavy atom. The molecule has 0 bridgehead atoms. The van der Waals surface area contributed by atoms with E-state index in [4.69, 9.17) is 0 Å². The van der Waals surface area contributed by atoms with E-state index in [1.54, 1.807) is 22.2 Å². The molecule has 0 fully saturated rings. The molecule has 2 aromatic rings. The Bertz CT molecular complexity index is 554. The summed E-state index contributed by atoms with van der Waals surface area (Å²) in [6.07, 6.45) is 2.63. The highest BCUT2D eigenvalue weighted by atomic mass is 32.1. The van der Waals surface area contributed by atoms with E-state index in [0.717, 1.165) is 23.2 Å². The maximum absolute atomic E-state index is 12.1. The molecule has 0 saturated heterocycles. The van der Waals surface area contributed by atoms with Crippen LogP contribution < -0.4 is 5.56 Å². The Hall–Kier alpha value is -1.16. The van der Waals surface area contributed by atoms with Crippen molar-refractivity contribution >= 4 is 21.6 Å². The summed E-state index contributed by atoms with van der Waals surface area (Å²) >= 11 is 1.61. The molecule has 3 nitrogen and oxygen atoms in total. The zero-order chi connectivity index (χ0) is 11.7. The Balaban J connectivity index is 2.55. The van der Waals surface area contributed by atoms with Gasteiger partial charge >= 0.3 is 0 Å². The molecule has 2 rings (SSSR count). The number of rotatable bonds is 3. The van der Waals surface area contributed by atoms with Crippen molar-refractivity contribution in [3.63, 3.8) is 0 Å². The summed E-state index contributed by atoms with van der Waals surface area (Å²) in [7, 11) is 0. The molecule has 0 aliphatic carbocycles. The molecule has 16 heavy (non-hydrogen) atoms. The van der Waals surface area contributed by atoms with Crippen LogP contribution in [0.3, 0.4) is 0 Å². The highest BCUT2D eigenvalue weighted by Gasteiger charge is 2.08. The summed E-state index contributed by atoms with van der Waals surface area (Å²) in [5.41, 5.74) is 0.0923. The lowest BCUT2D eigenvalue weighted by Crippen LogP contribution is -2.22. The van der Waals surface area contributed by atoms with Gasteiger partial charge < -0.3 is 0 Å². The van der Waals surface area contributed by atoms with Crippen LogP contribution in [0.15, 0.2) is 17.2 Å². The van der Waals surface area contributed by atoms with E-state index >= 15 is 0 Å². The second-order valence-corrected chi connectivity index (χ2v) is 5.50. The van der Waals surface area contributed by atoms with Crippen LogP contribution in [0.1, 0.15) is 25.6 Å². The van der Waals surface area contributed by atoms with E-state index in [1.807, 2.05) is 6.07 Å². The first-order chi connectivity index (χ1) is 7.61. The van der Waals surface area contributed by atoms with Gasteiger partial charge in [-0.25, -0.2) is 4.98 Å². The average Bonchev–Trinajstić information content (AvgIpc) is 2.65. The lowest BCUT2D eigenvalue weighted by molar-refractivity contribution is 0.508. The zero-order valence-electron chi connectivity index (χ0n) is 9.86. The number of aryl methyl sites for hydroxylation is 1. The molecule has 0 aliphatic rings. The highest BCUT2D eigenvalue weighted by Crippen LogP contribution is 2.21. The molecule has 0 aliphatic heterocycles. The van der Waals surface area contributed by atoms with Crippen LogP contribution >= 0.6 is 11.3 Å². The van der Waals surface area contributed by atoms with Crippen LogP contribution in [0.5, 0.6) is 0 Å². The van der Waals surface area contributed by atoms with Gasteiger partial charge in [0.15, 0.2) is 0 Å². The second-order valence-electron chi connectivity index (χ2n) is 4.38. The summed E-state index contributed by atoms with van der Waals surface area (Å²) in [4.78, 5) is 18.6. The zero-order valence-corrected chi connectivity index (χ0v) is 10.7. The Morgan fingerprint density at radius 1 is 1.50 bits per heavy atom. The van der Waals surface area contributed by atoms with Crippen LogP contribution in [-0.2, 0) is 13.0 Å². The van der Waals surface area contributed by atoms with Gasteiger partial charge in [0.05, 0.1) is 11.7 Å². The molecule has 0 saturated carbocycles. The van der Waals surface area contributed by atoms with Crippen molar-refractivity contribution in [2.24, 2.45) is 5.92 Å². The number of nitrogens with zero attached hydrogens (tertiary/aromatic N) is 2. The van der Waals surface area contributed by atoms with Crippen LogP contribution in [-0.4, -0.2) is 9.55 Å².